The van der Waals surface area contributed by atoms with Crippen molar-refractivity contribution in [3.63, 3.8) is 0 Å². The van der Waals surface area contributed by atoms with E-state index >= 15 is 0 Å². The van der Waals surface area contributed by atoms with Crippen LogP contribution in [0.1, 0.15) is 20.8 Å². The fourth-order valence-corrected chi connectivity index (χ4v) is 2.88. The number of hydrogen-bond acceptors (Lipinski definition) is 2. The Balaban J connectivity index is 2.49. The van der Waals surface area contributed by atoms with Gasteiger partial charge in [-0.05, 0) is 65.7 Å². The molecule has 122 valence electrons. The van der Waals surface area contributed by atoms with Gasteiger partial charge >= 0.3 is 6.09 Å². The highest BCUT2D eigenvalue weighted by Gasteiger charge is 2.24. The lowest BCUT2D eigenvalue weighted by atomic mass is 10.1. The number of benzene rings is 2. The Morgan fingerprint density at radius 1 is 1.35 bits per heavy atom. The minimum absolute atomic E-state index is 0.299. The second kappa shape index (κ2) is 6.71. The molecule has 0 heterocycles. The quantitative estimate of drug-likeness (QED) is 0.643. The molecule has 0 N–H and O–H groups in total. The molecular weight excluding hydrogens is 361 g/mol. The molecule has 0 spiro atoms. The van der Waals surface area contributed by atoms with E-state index in [1.165, 1.54) is 17.0 Å². The lowest BCUT2D eigenvalue weighted by molar-refractivity contribution is 0.0584. The molecule has 23 heavy (non-hydrogen) atoms. The Bertz CT molecular complexity index is 753. The zero-order chi connectivity index (χ0) is 17.2. The molecule has 0 aliphatic heterocycles. The van der Waals surface area contributed by atoms with Crippen LogP contribution >= 0.6 is 15.9 Å². The van der Waals surface area contributed by atoms with Gasteiger partial charge in [0, 0.05) is 11.0 Å². The van der Waals surface area contributed by atoms with Gasteiger partial charge in [0.1, 0.15) is 11.4 Å². The van der Waals surface area contributed by atoms with Crippen LogP contribution in [0, 0.1) is 5.82 Å². The summed E-state index contributed by atoms with van der Waals surface area (Å²) in [6.45, 7) is 9.44. The van der Waals surface area contributed by atoms with Gasteiger partial charge in [0.2, 0.25) is 0 Å². The molecule has 0 bridgehead atoms. The summed E-state index contributed by atoms with van der Waals surface area (Å²) in [6, 6.07) is 8.06. The molecule has 0 radical (unpaired) electrons. The molecule has 2 rings (SSSR count). The van der Waals surface area contributed by atoms with Crippen molar-refractivity contribution in [2.24, 2.45) is 0 Å². The van der Waals surface area contributed by atoms with Crippen LogP contribution < -0.4 is 4.90 Å². The maximum absolute atomic E-state index is 13.3. The number of halogens is 2. The van der Waals surface area contributed by atoms with Crippen LogP contribution in [0.2, 0.25) is 0 Å². The van der Waals surface area contributed by atoms with E-state index in [1.54, 1.807) is 24.3 Å². The number of anilines is 1. The number of ether oxygens (including phenoxy) is 1. The van der Waals surface area contributed by atoms with Crippen molar-refractivity contribution in [3.05, 3.63) is 53.3 Å². The van der Waals surface area contributed by atoms with Gasteiger partial charge in [-0.3, -0.25) is 4.90 Å². The SMILES string of the molecule is C=CCN(C(=O)OC(C)(C)C)c1ccc2cc(F)ccc2c1Br. The molecule has 0 unspecified atom stereocenters. The molecule has 0 saturated heterocycles. The van der Waals surface area contributed by atoms with E-state index in [9.17, 15) is 9.18 Å². The topological polar surface area (TPSA) is 29.5 Å². The predicted octanol–water partition coefficient (Wildman–Crippen LogP) is 5.67. The van der Waals surface area contributed by atoms with Crippen LogP contribution in [0.15, 0.2) is 47.5 Å². The van der Waals surface area contributed by atoms with Crippen molar-refractivity contribution >= 4 is 38.5 Å². The summed E-state index contributed by atoms with van der Waals surface area (Å²) in [5.74, 6) is -0.299. The van der Waals surface area contributed by atoms with Gasteiger partial charge in [-0.1, -0.05) is 18.2 Å². The van der Waals surface area contributed by atoms with Gasteiger partial charge in [0.15, 0.2) is 0 Å². The fraction of sp³-hybridized carbons (Fsp3) is 0.278. The summed E-state index contributed by atoms with van der Waals surface area (Å²) in [7, 11) is 0. The normalized spacial score (nSPS) is 11.3. The second-order valence-corrected chi connectivity index (χ2v) is 6.94. The van der Waals surface area contributed by atoms with E-state index < -0.39 is 11.7 Å². The van der Waals surface area contributed by atoms with Gasteiger partial charge < -0.3 is 4.74 Å². The lowest BCUT2D eigenvalue weighted by Gasteiger charge is -2.27. The van der Waals surface area contributed by atoms with Gasteiger partial charge in [-0.25, -0.2) is 9.18 Å². The third kappa shape index (κ3) is 4.10. The Kier molecular flexibility index (Phi) is 5.09. The molecule has 5 heteroatoms. The molecule has 0 aromatic heterocycles. The Labute approximate surface area is 143 Å². The van der Waals surface area contributed by atoms with Crippen molar-refractivity contribution in [1.82, 2.24) is 0 Å². The maximum atomic E-state index is 13.3. The molecule has 0 fully saturated rings. The molecule has 2 aromatic carbocycles. The van der Waals surface area contributed by atoms with Gasteiger partial charge in [-0.2, -0.15) is 0 Å². The Morgan fingerprint density at radius 3 is 2.65 bits per heavy atom. The number of rotatable bonds is 3. The Morgan fingerprint density at radius 2 is 2.04 bits per heavy atom. The number of carbonyl (C=O) groups excluding carboxylic acids is 1. The smallest absolute Gasteiger partial charge is 0.415 e. The second-order valence-electron chi connectivity index (χ2n) is 6.14. The molecule has 1 amide bonds. The summed E-state index contributed by atoms with van der Waals surface area (Å²) in [4.78, 5) is 14.0. The van der Waals surface area contributed by atoms with Crippen LogP contribution in [0.3, 0.4) is 0 Å². The third-order valence-corrected chi connectivity index (χ3v) is 3.95. The first-order valence-electron chi connectivity index (χ1n) is 7.22. The predicted molar refractivity (Wildman–Crippen MR) is 95.4 cm³/mol. The highest BCUT2D eigenvalue weighted by Crippen LogP contribution is 2.35. The van der Waals surface area contributed by atoms with Crippen LogP contribution in [-0.4, -0.2) is 18.2 Å². The van der Waals surface area contributed by atoms with E-state index in [0.29, 0.717) is 16.7 Å². The van der Waals surface area contributed by atoms with Crippen LogP contribution in [-0.2, 0) is 4.74 Å². The molecule has 3 nitrogen and oxygen atoms in total. The average molecular weight is 380 g/mol. The fourth-order valence-electron chi connectivity index (χ4n) is 2.18. The van der Waals surface area contributed by atoms with Gasteiger partial charge in [-0.15, -0.1) is 6.58 Å². The third-order valence-electron chi connectivity index (χ3n) is 3.11. The van der Waals surface area contributed by atoms with E-state index in [4.69, 9.17) is 4.74 Å². The number of nitrogens with zero attached hydrogens (tertiary/aromatic N) is 1. The first-order chi connectivity index (χ1) is 10.7. The largest absolute Gasteiger partial charge is 0.443 e. The summed E-state index contributed by atoms with van der Waals surface area (Å²) in [5.41, 5.74) is 0.0569. The highest BCUT2D eigenvalue weighted by molar-refractivity contribution is 9.10. The lowest BCUT2D eigenvalue weighted by Crippen LogP contribution is -2.37. The number of fused-ring (bicyclic) bond motifs is 1. The van der Waals surface area contributed by atoms with E-state index in [-0.39, 0.29) is 5.82 Å². The minimum atomic E-state index is -0.594. The van der Waals surface area contributed by atoms with Crippen molar-refractivity contribution in [2.75, 3.05) is 11.4 Å². The molecule has 0 aliphatic rings. The average Bonchev–Trinajstić information content (AvgIpc) is 2.43. The molecule has 0 atom stereocenters. The van der Waals surface area contributed by atoms with Crippen LogP contribution in [0.4, 0.5) is 14.9 Å². The standard InChI is InChI=1S/C18H19BrFNO2/c1-5-10-21(17(22)23-18(2,3)4)15-9-6-12-11-13(20)7-8-14(12)16(15)19/h5-9,11H,1,10H2,2-4H3. The molecule has 0 saturated carbocycles. The summed E-state index contributed by atoms with van der Waals surface area (Å²) < 4.78 is 19.5. The van der Waals surface area contributed by atoms with Crippen molar-refractivity contribution in [3.8, 4) is 0 Å². The van der Waals surface area contributed by atoms with Gasteiger partial charge in [0.05, 0.1) is 5.69 Å². The van der Waals surface area contributed by atoms with Crippen molar-refractivity contribution in [1.29, 1.82) is 0 Å². The zero-order valence-corrected chi connectivity index (χ0v) is 15.0. The summed E-state index contributed by atoms with van der Waals surface area (Å²) >= 11 is 3.52. The minimum Gasteiger partial charge on any atom is -0.443 e. The molecule has 0 aliphatic carbocycles. The van der Waals surface area contributed by atoms with E-state index in [0.717, 1.165) is 10.8 Å². The van der Waals surface area contributed by atoms with E-state index in [1.807, 2.05) is 20.8 Å². The van der Waals surface area contributed by atoms with E-state index in [2.05, 4.69) is 22.5 Å². The molecular formula is C18H19BrFNO2. The summed E-state index contributed by atoms with van der Waals surface area (Å²) in [6.07, 6.45) is 1.17. The first-order valence-corrected chi connectivity index (χ1v) is 8.01. The number of carbonyl (C=O) groups is 1. The number of hydrogen-bond donors (Lipinski definition) is 0. The first kappa shape index (κ1) is 17.5. The monoisotopic (exact) mass is 379 g/mol. The zero-order valence-electron chi connectivity index (χ0n) is 13.4. The molecule has 2 aromatic rings. The van der Waals surface area contributed by atoms with Crippen molar-refractivity contribution < 1.29 is 13.9 Å². The van der Waals surface area contributed by atoms with Crippen molar-refractivity contribution in [2.45, 2.75) is 26.4 Å². The van der Waals surface area contributed by atoms with Crippen LogP contribution in [0.25, 0.3) is 10.8 Å². The van der Waals surface area contributed by atoms with Gasteiger partial charge in [0.25, 0.3) is 0 Å². The Hall–Kier alpha value is -1.88. The highest BCUT2D eigenvalue weighted by atomic mass is 79.9. The summed E-state index contributed by atoms with van der Waals surface area (Å²) in [5, 5.41) is 1.57. The van der Waals surface area contributed by atoms with Crippen LogP contribution in [0.5, 0.6) is 0 Å². The number of amides is 1. The maximum Gasteiger partial charge on any atom is 0.415 e.